The van der Waals surface area contributed by atoms with Crippen molar-refractivity contribution in [2.45, 2.75) is 32.1 Å². The zero-order valence-electron chi connectivity index (χ0n) is 17.5. The van der Waals surface area contributed by atoms with E-state index in [0.717, 1.165) is 32.7 Å². The summed E-state index contributed by atoms with van der Waals surface area (Å²) in [5, 5.41) is 3.88. The van der Waals surface area contributed by atoms with Crippen LogP contribution in [0.5, 0.6) is 0 Å². The average Bonchev–Trinajstić information content (AvgIpc) is 2.79. The second kappa shape index (κ2) is 9.05. The van der Waals surface area contributed by atoms with Gasteiger partial charge in [-0.05, 0) is 39.1 Å². The first-order valence-corrected chi connectivity index (χ1v) is 10.6. The van der Waals surface area contributed by atoms with Crippen molar-refractivity contribution in [1.82, 2.24) is 0 Å². The molecule has 0 aromatic heterocycles. The van der Waals surface area contributed by atoms with E-state index in [1.54, 1.807) is 0 Å². The molecule has 0 spiro atoms. The molecule has 0 N–H and O–H groups in total. The summed E-state index contributed by atoms with van der Waals surface area (Å²) in [6.45, 7) is 1.89. The van der Waals surface area contributed by atoms with E-state index in [4.69, 9.17) is 0 Å². The molecular weight excluding hydrogens is 384 g/mol. The number of Topliss-reactive ketones (excluding diaryl/α,β-unsaturated/α-hetero) is 3. The van der Waals surface area contributed by atoms with E-state index in [0.29, 0.717) is 12.8 Å². The molecule has 154 valence electrons. The van der Waals surface area contributed by atoms with Crippen LogP contribution >= 0.6 is 0 Å². The zero-order valence-corrected chi connectivity index (χ0v) is 17.5. The molecule has 0 aliphatic rings. The standard InChI is InChI=1S/C28H24O3/c1-2-9-21(29)18-26(30)28(31)27(24-16-7-12-19-10-3-5-14-22(19)24)25-17-8-13-20-11-4-6-15-23(20)25/h3-8,10-17,27H,2,9,18H2,1H3. The monoisotopic (exact) mass is 408 g/mol. The number of hydrogen-bond donors (Lipinski definition) is 0. The van der Waals surface area contributed by atoms with Gasteiger partial charge in [-0.15, -0.1) is 0 Å². The van der Waals surface area contributed by atoms with E-state index in [1.807, 2.05) is 91.9 Å². The van der Waals surface area contributed by atoms with Crippen LogP contribution in [0.3, 0.4) is 0 Å². The van der Waals surface area contributed by atoms with Crippen LogP contribution < -0.4 is 0 Å². The van der Waals surface area contributed by atoms with Crippen LogP contribution in [0.15, 0.2) is 84.9 Å². The second-order valence-corrected chi connectivity index (χ2v) is 7.82. The molecule has 31 heavy (non-hydrogen) atoms. The summed E-state index contributed by atoms with van der Waals surface area (Å²) < 4.78 is 0. The van der Waals surface area contributed by atoms with Crippen molar-refractivity contribution in [3.8, 4) is 0 Å². The smallest absolute Gasteiger partial charge is 0.210 e. The number of benzene rings is 4. The fraction of sp³-hybridized carbons (Fsp3) is 0.179. The molecule has 0 bridgehead atoms. The van der Waals surface area contributed by atoms with Crippen molar-refractivity contribution in [1.29, 1.82) is 0 Å². The number of ketones is 3. The Balaban J connectivity index is 1.90. The summed E-state index contributed by atoms with van der Waals surface area (Å²) in [6, 6.07) is 27.4. The van der Waals surface area contributed by atoms with Crippen LogP contribution in [0.1, 0.15) is 43.2 Å². The van der Waals surface area contributed by atoms with Gasteiger partial charge in [0, 0.05) is 6.42 Å². The summed E-state index contributed by atoms with van der Waals surface area (Å²) in [7, 11) is 0. The zero-order chi connectivity index (χ0) is 21.8. The van der Waals surface area contributed by atoms with Crippen LogP contribution in [-0.4, -0.2) is 17.3 Å². The molecule has 0 aliphatic carbocycles. The first kappa shape index (κ1) is 20.7. The van der Waals surface area contributed by atoms with Gasteiger partial charge in [0.1, 0.15) is 5.78 Å². The molecular formula is C28H24O3. The lowest BCUT2D eigenvalue weighted by Gasteiger charge is -2.20. The van der Waals surface area contributed by atoms with Crippen molar-refractivity contribution in [2.75, 3.05) is 0 Å². The molecule has 0 aliphatic heterocycles. The number of carbonyl (C=O) groups is 3. The second-order valence-electron chi connectivity index (χ2n) is 7.82. The largest absolute Gasteiger partial charge is 0.299 e. The van der Waals surface area contributed by atoms with Gasteiger partial charge in [-0.2, -0.15) is 0 Å². The summed E-state index contributed by atoms with van der Waals surface area (Å²) in [5.41, 5.74) is 1.58. The van der Waals surface area contributed by atoms with Gasteiger partial charge in [0.05, 0.1) is 12.3 Å². The maximum Gasteiger partial charge on any atom is 0.210 e. The van der Waals surface area contributed by atoms with E-state index in [9.17, 15) is 14.4 Å². The van der Waals surface area contributed by atoms with E-state index >= 15 is 0 Å². The van der Waals surface area contributed by atoms with E-state index in [2.05, 4.69) is 0 Å². The third-order valence-electron chi connectivity index (χ3n) is 5.69. The minimum absolute atomic E-state index is 0.185. The maximum absolute atomic E-state index is 13.6. The third-order valence-corrected chi connectivity index (χ3v) is 5.69. The highest BCUT2D eigenvalue weighted by atomic mass is 16.2. The quantitative estimate of drug-likeness (QED) is 0.264. The van der Waals surface area contributed by atoms with Crippen molar-refractivity contribution in [3.05, 3.63) is 96.1 Å². The third kappa shape index (κ3) is 4.17. The minimum Gasteiger partial charge on any atom is -0.299 e. The van der Waals surface area contributed by atoms with Gasteiger partial charge in [0.2, 0.25) is 11.6 Å². The van der Waals surface area contributed by atoms with Gasteiger partial charge in [-0.1, -0.05) is 91.9 Å². The molecule has 0 unspecified atom stereocenters. The molecule has 0 fully saturated rings. The number of fused-ring (bicyclic) bond motifs is 2. The summed E-state index contributed by atoms with van der Waals surface area (Å²) in [5.74, 6) is -2.10. The van der Waals surface area contributed by atoms with Crippen molar-refractivity contribution in [3.63, 3.8) is 0 Å². The minimum atomic E-state index is -0.765. The highest BCUT2D eigenvalue weighted by Crippen LogP contribution is 2.35. The van der Waals surface area contributed by atoms with Crippen LogP contribution in [0.2, 0.25) is 0 Å². The molecule has 3 nitrogen and oxygen atoms in total. The van der Waals surface area contributed by atoms with E-state index in [1.165, 1.54) is 0 Å². The van der Waals surface area contributed by atoms with Gasteiger partial charge in [0.15, 0.2) is 0 Å². The van der Waals surface area contributed by atoms with Crippen molar-refractivity contribution in [2.24, 2.45) is 0 Å². The topological polar surface area (TPSA) is 51.2 Å². The molecule has 4 aromatic carbocycles. The highest BCUT2D eigenvalue weighted by molar-refractivity contribution is 6.43. The van der Waals surface area contributed by atoms with E-state index in [-0.39, 0.29) is 12.2 Å². The van der Waals surface area contributed by atoms with Crippen molar-refractivity contribution >= 4 is 38.9 Å². The Bertz CT molecular complexity index is 1200. The summed E-state index contributed by atoms with van der Waals surface area (Å²) >= 11 is 0. The molecule has 0 heterocycles. The normalized spacial score (nSPS) is 11.2. The summed E-state index contributed by atoms with van der Waals surface area (Å²) in [6.07, 6.45) is 0.640. The van der Waals surface area contributed by atoms with Crippen LogP contribution in [-0.2, 0) is 14.4 Å². The lowest BCUT2D eigenvalue weighted by atomic mass is 9.81. The van der Waals surface area contributed by atoms with Gasteiger partial charge < -0.3 is 0 Å². The predicted octanol–water partition coefficient (Wildman–Crippen LogP) is 6.02. The fourth-order valence-corrected chi connectivity index (χ4v) is 4.25. The van der Waals surface area contributed by atoms with Gasteiger partial charge in [-0.25, -0.2) is 0 Å². The SMILES string of the molecule is CCCC(=O)CC(=O)C(=O)C(c1cccc2ccccc12)c1cccc2ccccc12. The van der Waals surface area contributed by atoms with Crippen LogP contribution in [0.4, 0.5) is 0 Å². The Kier molecular flexibility index (Phi) is 6.03. The predicted molar refractivity (Wildman–Crippen MR) is 124 cm³/mol. The number of rotatable bonds is 8. The molecule has 0 amide bonds. The van der Waals surface area contributed by atoms with Gasteiger partial charge in [-0.3, -0.25) is 14.4 Å². The molecule has 0 atom stereocenters. The molecule has 0 radical (unpaired) electrons. The number of carbonyl (C=O) groups excluding carboxylic acids is 3. The Morgan fingerprint density at radius 3 is 1.68 bits per heavy atom. The first-order valence-electron chi connectivity index (χ1n) is 10.6. The lowest BCUT2D eigenvalue weighted by Crippen LogP contribution is -2.25. The van der Waals surface area contributed by atoms with Crippen LogP contribution in [0, 0.1) is 0 Å². The Hall–Kier alpha value is -3.59. The fourth-order valence-electron chi connectivity index (χ4n) is 4.25. The Morgan fingerprint density at radius 1 is 0.677 bits per heavy atom. The summed E-state index contributed by atoms with van der Waals surface area (Å²) in [4.78, 5) is 38.6. The van der Waals surface area contributed by atoms with Crippen LogP contribution in [0.25, 0.3) is 21.5 Å². The van der Waals surface area contributed by atoms with E-state index < -0.39 is 17.5 Å². The molecule has 4 rings (SSSR count). The Labute approximate surface area is 181 Å². The highest BCUT2D eigenvalue weighted by Gasteiger charge is 2.31. The Morgan fingerprint density at radius 2 is 1.16 bits per heavy atom. The maximum atomic E-state index is 13.6. The average molecular weight is 408 g/mol. The molecule has 3 heteroatoms. The molecule has 0 saturated heterocycles. The molecule has 0 saturated carbocycles. The first-order chi connectivity index (χ1) is 15.1. The van der Waals surface area contributed by atoms with Gasteiger partial charge in [0.25, 0.3) is 0 Å². The van der Waals surface area contributed by atoms with Gasteiger partial charge >= 0.3 is 0 Å². The molecule has 4 aromatic rings. The number of hydrogen-bond acceptors (Lipinski definition) is 3. The van der Waals surface area contributed by atoms with Crippen molar-refractivity contribution < 1.29 is 14.4 Å². The lowest BCUT2D eigenvalue weighted by molar-refractivity contribution is -0.139.